The van der Waals surface area contributed by atoms with E-state index in [1.807, 2.05) is 35.2 Å². The lowest BCUT2D eigenvalue weighted by Gasteiger charge is -2.36. The molecular weight excluding hydrogens is 323 g/mol. The van der Waals surface area contributed by atoms with Crippen LogP contribution in [-0.2, 0) is 4.79 Å². The third-order valence-corrected chi connectivity index (χ3v) is 4.13. The molecule has 2 N–H and O–H groups in total. The van der Waals surface area contributed by atoms with Crippen LogP contribution in [0.1, 0.15) is 11.6 Å². The molecule has 2 aromatic carbocycles. The molecule has 0 aromatic heterocycles. The van der Waals surface area contributed by atoms with Crippen molar-refractivity contribution in [2.24, 2.45) is 0 Å². The molecule has 132 valence electrons. The summed E-state index contributed by atoms with van der Waals surface area (Å²) in [7, 11) is 0. The third-order valence-electron chi connectivity index (χ3n) is 4.13. The smallest absolute Gasteiger partial charge is 0.242 e. The summed E-state index contributed by atoms with van der Waals surface area (Å²) in [5, 5.41) is 13.2. The van der Waals surface area contributed by atoms with Gasteiger partial charge in [0.15, 0.2) is 0 Å². The third kappa shape index (κ3) is 4.55. The molecule has 1 saturated heterocycles. The summed E-state index contributed by atoms with van der Waals surface area (Å²) in [5.74, 6) is 0.0958. The van der Waals surface area contributed by atoms with E-state index in [1.54, 1.807) is 0 Å². The van der Waals surface area contributed by atoms with E-state index in [2.05, 4.69) is 5.32 Å². The van der Waals surface area contributed by atoms with E-state index in [0.717, 1.165) is 5.56 Å². The monoisotopic (exact) mass is 344 g/mol. The Labute approximate surface area is 146 Å². The maximum absolute atomic E-state index is 12.9. The summed E-state index contributed by atoms with van der Waals surface area (Å²) in [5.41, 5.74) is 0.895. The molecule has 1 heterocycles. The van der Waals surface area contributed by atoms with E-state index in [0.29, 0.717) is 25.4 Å². The molecule has 1 aliphatic rings. The lowest BCUT2D eigenvalue weighted by Crippen LogP contribution is -2.52. The maximum atomic E-state index is 12.9. The van der Waals surface area contributed by atoms with Crippen molar-refractivity contribution >= 4 is 5.91 Å². The normalized spacial score (nSPS) is 19.3. The van der Waals surface area contributed by atoms with Gasteiger partial charge in [0.1, 0.15) is 30.3 Å². The van der Waals surface area contributed by atoms with Gasteiger partial charge in [-0.15, -0.1) is 0 Å². The van der Waals surface area contributed by atoms with Gasteiger partial charge in [0, 0.05) is 19.6 Å². The largest absolute Gasteiger partial charge is 0.491 e. The Balaban J connectivity index is 1.61. The molecule has 1 aliphatic heterocycles. The minimum atomic E-state index is -0.762. The van der Waals surface area contributed by atoms with Crippen molar-refractivity contribution in [2.75, 3.05) is 26.2 Å². The summed E-state index contributed by atoms with van der Waals surface area (Å²) in [4.78, 5) is 14.2. The fraction of sp³-hybridized carbons (Fsp3) is 0.316. The minimum Gasteiger partial charge on any atom is -0.491 e. The van der Waals surface area contributed by atoms with Gasteiger partial charge in [-0.05, 0) is 29.8 Å². The zero-order chi connectivity index (χ0) is 17.6. The lowest BCUT2D eigenvalue weighted by molar-refractivity contribution is -0.130. The summed E-state index contributed by atoms with van der Waals surface area (Å²) in [6, 6.07) is 14.7. The van der Waals surface area contributed by atoms with Crippen LogP contribution in [0.25, 0.3) is 0 Å². The highest BCUT2D eigenvalue weighted by molar-refractivity contribution is 5.83. The predicted octanol–water partition coefficient (Wildman–Crippen LogP) is 1.74. The van der Waals surface area contributed by atoms with Crippen molar-refractivity contribution < 1.29 is 19.0 Å². The zero-order valence-electron chi connectivity index (χ0n) is 13.8. The molecule has 6 heteroatoms. The van der Waals surface area contributed by atoms with Crippen molar-refractivity contribution in [2.45, 2.75) is 12.1 Å². The van der Waals surface area contributed by atoms with Crippen LogP contribution in [0.2, 0.25) is 0 Å². The molecule has 25 heavy (non-hydrogen) atoms. The molecule has 0 radical (unpaired) electrons. The number of β-amino-alcohol motifs (C(OH)–C–C–N with tert-alkyl or cyclic N) is 1. The van der Waals surface area contributed by atoms with Crippen molar-refractivity contribution in [3.63, 3.8) is 0 Å². The number of aliphatic hydroxyl groups excluding tert-OH is 1. The summed E-state index contributed by atoms with van der Waals surface area (Å²) >= 11 is 0. The van der Waals surface area contributed by atoms with E-state index in [9.17, 15) is 14.3 Å². The first kappa shape index (κ1) is 17.4. The highest BCUT2D eigenvalue weighted by Crippen LogP contribution is 2.23. The van der Waals surface area contributed by atoms with Gasteiger partial charge in [-0.1, -0.05) is 30.3 Å². The molecule has 2 atom stereocenters. The van der Waals surface area contributed by atoms with Gasteiger partial charge in [-0.2, -0.15) is 0 Å². The number of aliphatic hydroxyl groups is 1. The molecule has 0 spiro atoms. The Bertz CT molecular complexity index is 694. The van der Waals surface area contributed by atoms with Crippen LogP contribution in [-0.4, -0.2) is 48.3 Å². The lowest BCUT2D eigenvalue weighted by atomic mass is 10.0. The number of hydrogen-bond donors (Lipinski definition) is 2. The van der Waals surface area contributed by atoms with Crippen LogP contribution in [0, 0.1) is 5.82 Å². The number of halogens is 1. The fourth-order valence-electron chi connectivity index (χ4n) is 2.96. The van der Waals surface area contributed by atoms with E-state index < -0.39 is 12.1 Å². The van der Waals surface area contributed by atoms with Crippen LogP contribution >= 0.6 is 0 Å². The van der Waals surface area contributed by atoms with Gasteiger partial charge in [0.2, 0.25) is 5.91 Å². The molecule has 2 aromatic rings. The van der Waals surface area contributed by atoms with Crippen LogP contribution in [0.5, 0.6) is 5.75 Å². The minimum absolute atomic E-state index is 0.0656. The number of piperazine rings is 1. The Kier molecular flexibility index (Phi) is 5.63. The topological polar surface area (TPSA) is 61.8 Å². The van der Waals surface area contributed by atoms with Gasteiger partial charge in [-0.3, -0.25) is 9.69 Å². The standard InChI is InChI=1S/C19H21FN2O3/c20-15-6-8-17(9-7-15)25-13-16(23)12-22-11-10-21-19(24)18(22)14-4-2-1-3-5-14/h1-9,16,18,23H,10-13H2,(H,21,24)/t16-,18+/m0/s1. The van der Waals surface area contributed by atoms with Gasteiger partial charge in [-0.25, -0.2) is 4.39 Å². The first-order valence-electron chi connectivity index (χ1n) is 8.26. The molecule has 0 unspecified atom stereocenters. The van der Waals surface area contributed by atoms with Crippen molar-refractivity contribution in [1.82, 2.24) is 10.2 Å². The summed E-state index contributed by atoms with van der Waals surface area (Å²) in [6.07, 6.45) is -0.762. The molecule has 0 saturated carbocycles. The number of ether oxygens (including phenoxy) is 1. The van der Waals surface area contributed by atoms with Crippen LogP contribution in [0.3, 0.4) is 0 Å². The van der Waals surface area contributed by atoms with Crippen LogP contribution < -0.4 is 10.1 Å². The Morgan fingerprint density at radius 3 is 2.64 bits per heavy atom. The SMILES string of the molecule is O=C1NCCN(C[C@H](O)COc2ccc(F)cc2)[C@@H]1c1ccccc1. The van der Waals surface area contributed by atoms with Crippen molar-refractivity contribution in [3.8, 4) is 5.75 Å². The first-order valence-corrected chi connectivity index (χ1v) is 8.26. The highest BCUT2D eigenvalue weighted by Gasteiger charge is 2.32. The number of benzene rings is 2. The molecule has 1 fully saturated rings. The predicted molar refractivity (Wildman–Crippen MR) is 91.7 cm³/mol. The second-order valence-electron chi connectivity index (χ2n) is 6.02. The number of rotatable bonds is 6. The zero-order valence-corrected chi connectivity index (χ0v) is 13.8. The van der Waals surface area contributed by atoms with Gasteiger partial charge in [0.25, 0.3) is 0 Å². The van der Waals surface area contributed by atoms with Gasteiger partial charge >= 0.3 is 0 Å². The van der Waals surface area contributed by atoms with E-state index in [1.165, 1.54) is 24.3 Å². The second-order valence-corrected chi connectivity index (χ2v) is 6.02. The Hall–Kier alpha value is -2.44. The van der Waals surface area contributed by atoms with Crippen LogP contribution in [0.4, 0.5) is 4.39 Å². The molecule has 0 aliphatic carbocycles. The van der Waals surface area contributed by atoms with Crippen LogP contribution in [0.15, 0.2) is 54.6 Å². The molecule has 3 rings (SSSR count). The maximum Gasteiger partial charge on any atom is 0.242 e. The number of amides is 1. The fourth-order valence-corrected chi connectivity index (χ4v) is 2.96. The number of hydrogen-bond acceptors (Lipinski definition) is 4. The average molecular weight is 344 g/mol. The second kappa shape index (κ2) is 8.09. The molecule has 5 nitrogen and oxygen atoms in total. The molecular formula is C19H21FN2O3. The van der Waals surface area contributed by atoms with E-state index in [4.69, 9.17) is 4.74 Å². The first-order chi connectivity index (χ1) is 12.1. The number of nitrogens with one attached hydrogen (secondary N) is 1. The molecule has 1 amide bonds. The number of carbonyl (C=O) groups is 1. The quantitative estimate of drug-likeness (QED) is 0.838. The van der Waals surface area contributed by atoms with E-state index >= 15 is 0 Å². The summed E-state index contributed by atoms with van der Waals surface area (Å²) in [6.45, 7) is 1.59. The highest BCUT2D eigenvalue weighted by atomic mass is 19.1. The van der Waals surface area contributed by atoms with Crippen molar-refractivity contribution in [3.05, 3.63) is 66.0 Å². The van der Waals surface area contributed by atoms with E-state index in [-0.39, 0.29) is 18.3 Å². The van der Waals surface area contributed by atoms with Crippen molar-refractivity contribution in [1.29, 1.82) is 0 Å². The molecule has 0 bridgehead atoms. The number of carbonyl (C=O) groups excluding carboxylic acids is 1. The average Bonchev–Trinajstić information content (AvgIpc) is 2.62. The Morgan fingerprint density at radius 2 is 1.92 bits per heavy atom. The van der Waals surface area contributed by atoms with Gasteiger partial charge in [0.05, 0.1) is 0 Å². The summed E-state index contributed by atoms with van der Waals surface area (Å²) < 4.78 is 18.4. The Morgan fingerprint density at radius 1 is 1.20 bits per heavy atom. The van der Waals surface area contributed by atoms with Gasteiger partial charge < -0.3 is 15.2 Å². The number of nitrogens with zero attached hydrogens (tertiary/aromatic N) is 1.